The molecule has 0 amide bonds. The number of nitrogens with one attached hydrogen (secondary N) is 1. The minimum Gasteiger partial charge on any atom is -0.305 e. The molecule has 1 saturated carbocycles. The first-order chi connectivity index (χ1) is 7.16. The molecular formula is C12H15BrClNO. The lowest BCUT2D eigenvalue weighted by Crippen LogP contribution is -2.35. The van der Waals surface area contributed by atoms with Crippen molar-refractivity contribution in [2.45, 2.75) is 31.8 Å². The van der Waals surface area contributed by atoms with Gasteiger partial charge in [-0.05, 0) is 31.9 Å². The van der Waals surface area contributed by atoms with Gasteiger partial charge in [0.25, 0.3) is 0 Å². The van der Waals surface area contributed by atoms with Crippen LogP contribution in [0.4, 0.5) is 0 Å². The van der Waals surface area contributed by atoms with Gasteiger partial charge in [0, 0.05) is 16.1 Å². The molecule has 0 aliphatic heterocycles. The third kappa shape index (κ3) is 3.58. The number of hydrogen-bond donors (Lipinski definition) is 1. The summed E-state index contributed by atoms with van der Waals surface area (Å²) in [6.45, 7) is 1.93. The molecule has 0 heterocycles. The highest BCUT2D eigenvalue weighted by Gasteiger charge is 2.26. The van der Waals surface area contributed by atoms with E-state index in [0.717, 1.165) is 10.0 Å². The number of carbonyl (C=O) groups is 1. The van der Waals surface area contributed by atoms with E-state index in [4.69, 9.17) is 0 Å². The van der Waals surface area contributed by atoms with E-state index in [1.54, 1.807) is 0 Å². The summed E-state index contributed by atoms with van der Waals surface area (Å²) in [7, 11) is 0. The SMILES string of the molecule is CC(NC1CC1)C(=O)c1cccc(Br)c1.Cl. The fourth-order valence-electron chi connectivity index (χ4n) is 1.57. The summed E-state index contributed by atoms with van der Waals surface area (Å²) in [4.78, 5) is 12.0. The zero-order valence-electron chi connectivity index (χ0n) is 9.07. The molecule has 0 radical (unpaired) electrons. The van der Waals surface area contributed by atoms with Crippen molar-refractivity contribution in [1.82, 2.24) is 5.32 Å². The summed E-state index contributed by atoms with van der Waals surface area (Å²) < 4.78 is 0.951. The molecule has 2 nitrogen and oxygen atoms in total. The summed E-state index contributed by atoms with van der Waals surface area (Å²) in [5.74, 6) is 0.170. The van der Waals surface area contributed by atoms with Crippen LogP contribution >= 0.6 is 28.3 Å². The molecule has 1 atom stereocenters. The van der Waals surface area contributed by atoms with Crippen molar-refractivity contribution in [3.05, 3.63) is 34.3 Å². The smallest absolute Gasteiger partial charge is 0.179 e. The van der Waals surface area contributed by atoms with Crippen LogP contribution in [-0.2, 0) is 0 Å². The van der Waals surface area contributed by atoms with E-state index >= 15 is 0 Å². The average molecular weight is 305 g/mol. The highest BCUT2D eigenvalue weighted by atomic mass is 79.9. The summed E-state index contributed by atoms with van der Waals surface area (Å²) >= 11 is 3.37. The largest absolute Gasteiger partial charge is 0.305 e. The van der Waals surface area contributed by atoms with Gasteiger partial charge in [-0.3, -0.25) is 4.79 Å². The van der Waals surface area contributed by atoms with Crippen LogP contribution in [-0.4, -0.2) is 17.9 Å². The Morgan fingerprint density at radius 2 is 2.19 bits per heavy atom. The van der Waals surface area contributed by atoms with Gasteiger partial charge in [-0.15, -0.1) is 12.4 Å². The quantitative estimate of drug-likeness (QED) is 0.866. The first kappa shape index (κ1) is 13.7. The Kier molecular flexibility index (Phi) is 4.96. The van der Waals surface area contributed by atoms with Crippen molar-refractivity contribution in [2.24, 2.45) is 0 Å². The number of halogens is 2. The molecule has 2 rings (SSSR count). The minimum absolute atomic E-state index is 0. The number of ketones is 1. The first-order valence-corrected chi connectivity index (χ1v) is 6.02. The maximum atomic E-state index is 12.0. The van der Waals surface area contributed by atoms with Gasteiger partial charge in [-0.1, -0.05) is 28.1 Å². The van der Waals surface area contributed by atoms with E-state index in [0.29, 0.717) is 6.04 Å². The number of benzene rings is 1. The third-order valence-corrected chi connectivity index (χ3v) is 3.06. The van der Waals surface area contributed by atoms with Gasteiger partial charge in [0.15, 0.2) is 5.78 Å². The number of rotatable bonds is 4. The van der Waals surface area contributed by atoms with Gasteiger partial charge in [-0.2, -0.15) is 0 Å². The maximum absolute atomic E-state index is 12.0. The van der Waals surface area contributed by atoms with Crippen molar-refractivity contribution in [3.63, 3.8) is 0 Å². The summed E-state index contributed by atoms with van der Waals surface area (Å²) in [5.41, 5.74) is 0.769. The van der Waals surface area contributed by atoms with Gasteiger partial charge in [0.2, 0.25) is 0 Å². The molecule has 1 aliphatic carbocycles. The molecule has 88 valence electrons. The highest BCUT2D eigenvalue weighted by Crippen LogP contribution is 2.20. The van der Waals surface area contributed by atoms with Crippen molar-refractivity contribution < 1.29 is 4.79 Å². The molecule has 16 heavy (non-hydrogen) atoms. The van der Waals surface area contributed by atoms with Gasteiger partial charge >= 0.3 is 0 Å². The molecule has 1 unspecified atom stereocenters. The van der Waals surface area contributed by atoms with Crippen molar-refractivity contribution in [3.8, 4) is 0 Å². The maximum Gasteiger partial charge on any atom is 0.179 e. The standard InChI is InChI=1S/C12H14BrNO.ClH/c1-8(14-11-5-6-11)12(15)9-3-2-4-10(13)7-9;/h2-4,7-8,11,14H,5-6H2,1H3;1H. The molecule has 1 aromatic rings. The topological polar surface area (TPSA) is 29.1 Å². The lowest BCUT2D eigenvalue weighted by Gasteiger charge is -2.11. The van der Waals surface area contributed by atoms with E-state index < -0.39 is 0 Å². The van der Waals surface area contributed by atoms with Crippen LogP contribution in [0.25, 0.3) is 0 Å². The molecule has 1 N–H and O–H groups in total. The Hall–Kier alpha value is -0.380. The minimum atomic E-state index is -0.0770. The van der Waals surface area contributed by atoms with Crippen LogP contribution in [0.1, 0.15) is 30.1 Å². The third-order valence-electron chi connectivity index (χ3n) is 2.57. The Morgan fingerprint density at radius 1 is 1.50 bits per heavy atom. The molecule has 1 aliphatic rings. The molecule has 1 aromatic carbocycles. The second-order valence-corrected chi connectivity index (χ2v) is 4.95. The normalized spacial score (nSPS) is 16.4. The van der Waals surface area contributed by atoms with Crippen LogP contribution in [0, 0.1) is 0 Å². The van der Waals surface area contributed by atoms with E-state index in [-0.39, 0.29) is 24.2 Å². The van der Waals surface area contributed by atoms with Gasteiger partial charge in [0.05, 0.1) is 6.04 Å². The predicted octanol–water partition coefficient (Wildman–Crippen LogP) is 3.19. The molecule has 1 fully saturated rings. The van der Waals surface area contributed by atoms with Crippen LogP contribution in [0.5, 0.6) is 0 Å². The molecular weight excluding hydrogens is 289 g/mol. The number of carbonyl (C=O) groups excluding carboxylic acids is 1. The lowest BCUT2D eigenvalue weighted by atomic mass is 10.1. The van der Waals surface area contributed by atoms with Crippen molar-refractivity contribution in [1.29, 1.82) is 0 Å². The summed E-state index contributed by atoms with van der Waals surface area (Å²) in [6, 6.07) is 8.03. The zero-order chi connectivity index (χ0) is 10.8. The fraction of sp³-hybridized carbons (Fsp3) is 0.417. The average Bonchev–Trinajstić information content (AvgIpc) is 3.00. The first-order valence-electron chi connectivity index (χ1n) is 5.22. The number of Topliss-reactive ketones (excluding diaryl/α,β-unsaturated/α-hetero) is 1. The van der Waals surface area contributed by atoms with Gasteiger partial charge in [-0.25, -0.2) is 0 Å². The fourth-order valence-corrected chi connectivity index (χ4v) is 1.97. The van der Waals surface area contributed by atoms with E-state index in [1.165, 1.54) is 12.8 Å². The molecule has 4 heteroatoms. The van der Waals surface area contributed by atoms with E-state index in [2.05, 4.69) is 21.2 Å². The Bertz CT molecular complexity index is 379. The molecule has 0 spiro atoms. The van der Waals surface area contributed by atoms with Gasteiger partial charge in [0.1, 0.15) is 0 Å². The highest BCUT2D eigenvalue weighted by molar-refractivity contribution is 9.10. The lowest BCUT2D eigenvalue weighted by molar-refractivity contribution is 0.0950. The monoisotopic (exact) mass is 303 g/mol. The van der Waals surface area contributed by atoms with Crippen LogP contribution < -0.4 is 5.32 Å². The van der Waals surface area contributed by atoms with Crippen molar-refractivity contribution in [2.75, 3.05) is 0 Å². The van der Waals surface area contributed by atoms with Gasteiger partial charge < -0.3 is 5.32 Å². The molecule has 0 aromatic heterocycles. The zero-order valence-corrected chi connectivity index (χ0v) is 11.5. The van der Waals surface area contributed by atoms with Crippen LogP contribution in [0.2, 0.25) is 0 Å². The van der Waals surface area contributed by atoms with E-state index in [1.807, 2.05) is 31.2 Å². The van der Waals surface area contributed by atoms with Crippen LogP contribution in [0.15, 0.2) is 28.7 Å². The Labute approximate surface area is 110 Å². The van der Waals surface area contributed by atoms with E-state index in [9.17, 15) is 4.79 Å². The second kappa shape index (κ2) is 5.80. The Balaban J connectivity index is 0.00000128. The number of hydrogen-bond acceptors (Lipinski definition) is 2. The summed E-state index contributed by atoms with van der Waals surface area (Å²) in [5, 5.41) is 3.31. The molecule has 0 bridgehead atoms. The van der Waals surface area contributed by atoms with Crippen LogP contribution in [0.3, 0.4) is 0 Å². The summed E-state index contributed by atoms with van der Waals surface area (Å²) in [6.07, 6.45) is 2.41. The van der Waals surface area contributed by atoms with Crippen molar-refractivity contribution >= 4 is 34.1 Å². The Morgan fingerprint density at radius 3 is 2.75 bits per heavy atom. The second-order valence-electron chi connectivity index (χ2n) is 4.04. The molecule has 0 saturated heterocycles. The predicted molar refractivity (Wildman–Crippen MR) is 71.3 cm³/mol.